The number of rotatable bonds is 4. The number of thioether (sulfide) groups is 1. The van der Waals surface area contributed by atoms with Gasteiger partial charge in [-0.15, -0.1) is 11.8 Å². The van der Waals surface area contributed by atoms with Crippen molar-refractivity contribution in [3.63, 3.8) is 0 Å². The largest absolute Gasteiger partial charge is 0.481 e. The Kier molecular flexibility index (Phi) is 4.47. The van der Waals surface area contributed by atoms with E-state index in [0.717, 1.165) is 17.0 Å². The SMILES string of the molecule is CSc1cccc(NC(=O)[C@@H]2CCC[C@@H]2C(=O)O)c1. The minimum absolute atomic E-state index is 0.178. The lowest BCUT2D eigenvalue weighted by molar-refractivity contribution is -0.145. The average Bonchev–Trinajstić information content (AvgIpc) is 2.88. The Bertz CT molecular complexity index is 489. The molecule has 0 unspecified atom stereocenters. The first-order valence-corrected chi connectivity index (χ1v) is 7.52. The van der Waals surface area contributed by atoms with Crippen LogP contribution in [-0.2, 0) is 9.59 Å². The molecule has 0 aromatic heterocycles. The molecule has 0 heterocycles. The van der Waals surface area contributed by atoms with Crippen LogP contribution in [0.25, 0.3) is 0 Å². The Morgan fingerprint density at radius 1 is 1.32 bits per heavy atom. The van der Waals surface area contributed by atoms with Crippen molar-refractivity contribution in [2.75, 3.05) is 11.6 Å². The zero-order chi connectivity index (χ0) is 13.8. The second kappa shape index (κ2) is 6.10. The zero-order valence-corrected chi connectivity index (χ0v) is 11.6. The third-order valence-corrected chi connectivity index (χ3v) is 4.23. The third-order valence-electron chi connectivity index (χ3n) is 3.51. The van der Waals surface area contributed by atoms with Crippen molar-refractivity contribution in [2.45, 2.75) is 24.2 Å². The van der Waals surface area contributed by atoms with E-state index < -0.39 is 17.8 Å². The fourth-order valence-corrected chi connectivity index (χ4v) is 2.96. The summed E-state index contributed by atoms with van der Waals surface area (Å²) < 4.78 is 0. The molecule has 102 valence electrons. The quantitative estimate of drug-likeness (QED) is 0.832. The van der Waals surface area contributed by atoms with Crippen LogP contribution >= 0.6 is 11.8 Å². The highest BCUT2D eigenvalue weighted by Crippen LogP contribution is 2.33. The van der Waals surface area contributed by atoms with Gasteiger partial charge in [-0.2, -0.15) is 0 Å². The molecule has 1 aliphatic rings. The maximum absolute atomic E-state index is 12.1. The minimum Gasteiger partial charge on any atom is -0.481 e. The number of carboxylic acid groups (broad SMARTS) is 1. The highest BCUT2D eigenvalue weighted by atomic mass is 32.2. The van der Waals surface area contributed by atoms with Gasteiger partial charge in [-0.05, 0) is 37.3 Å². The van der Waals surface area contributed by atoms with Crippen molar-refractivity contribution >= 4 is 29.3 Å². The molecule has 0 spiro atoms. The predicted octanol–water partition coefficient (Wildman–Crippen LogP) is 2.85. The molecule has 2 rings (SSSR count). The Morgan fingerprint density at radius 3 is 2.74 bits per heavy atom. The van der Waals surface area contributed by atoms with Crippen LogP contribution in [0.5, 0.6) is 0 Å². The number of aliphatic carboxylic acids is 1. The number of amides is 1. The van der Waals surface area contributed by atoms with Gasteiger partial charge in [0.25, 0.3) is 0 Å². The van der Waals surface area contributed by atoms with E-state index in [-0.39, 0.29) is 5.91 Å². The van der Waals surface area contributed by atoms with E-state index in [4.69, 9.17) is 5.11 Å². The summed E-state index contributed by atoms with van der Waals surface area (Å²) in [5.74, 6) is -1.99. The molecule has 2 atom stereocenters. The fourth-order valence-electron chi connectivity index (χ4n) is 2.51. The summed E-state index contributed by atoms with van der Waals surface area (Å²) in [6.07, 6.45) is 4.03. The summed E-state index contributed by atoms with van der Waals surface area (Å²) >= 11 is 1.60. The van der Waals surface area contributed by atoms with Gasteiger partial charge in [0.05, 0.1) is 11.8 Å². The highest BCUT2D eigenvalue weighted by Gasteiger charge is 2.37. The monoisotopic (exact) mass is 279 g/mol. The van der Waals surface area contributed by atoms with Crippen molar-refractivity contribution < 1.29 is 14.7 Å². The minimum atomic E-state index is -0.865. The van der Waals surface area contributed by atoms with E-state index in [0.29, 0.717) is 12.8 Å². The Hall–Kier alpha value is -1.49. The second-order valence-corrected chi connectivity index (χ2v) is 5.58. The van der Waals surface area contributed by atoms with E-state index in [2.05, 4.69) is 5.32 Å². The highest BCUT2D eigenvalue weighted by molar-refractivity contribution is 7.98. The van der Waals surface area contributed by atoms with E-state index >= 15 is 0 Å². The second-order valence-electron chi connectivity index (χ2n) is 4.70. The molecule has 1 fully saturated rings. The van der Waals surface area contributed by atoms with Gasteiger partial charge < -0.3 is 10.4 Å². The molecule has 5 heteroatoms. The topological polar surface area (TPSA) is 66.4 Å². The standard InChI is InChI=1S/C14H17NO3S/c1-19-10-5-2-4-9(8-10)15-13(16)11-6-3-7-12(11)14(17)18/h2,4-5,8,11-12H,3,6-7H2,1H3,(H,15,16)(H,17,18)/t11-,12+/m1/s1. The van der Waals surface area contributed by atoms with Gasteiger partial charge in [0.15, 0.2) is 0 Å². The smallest absolute Gasteiger partial charge is 0.307 e. The Balaban J connectivity index is 2.06. The first-order valence-electron chi connectivity index (χ1n) is 6.29. The summed E-state index contributed by atoms with van der Waals surface area (Å²) in [6, 6.07) is 7.57. The zero-order valence-electron chi connectivity index (χ0n) is 10.8. The molecule has 0 radical (unpaired) electrons. The summed E-state index contributed by atoms with van der Waals surface area (Å²) in [6.45, 7) is 0. The lowest BCUT2D eigenvalue weighted by Crippen LogP contribution is -2.29. The average molecular weight is 279 g/mol. The number of carbonyl (C=O) groups is 2. The van der Waals surface area contributed by atoms with Gasteiger partial charge in [-0.3, -0.25) is 9.59 Å². The number of nitrogens with one attached hydrogen (secondary N) is 1. The van der Waals surface area contributed by atoms with Crippen LogP contribution in [-0.4, -0.2) is 23.2 Å². The van der Waals surface area contributed by atoms with Gasteiger partial charge in [0.2, 0.25) is 5.91 Å². The molecule has 1 amide bonds. The first-order chi connectivity index (χ1) is 9.11. The van der Waals surface area contributed by atoms with Crippen molar-refractivity contribution in [1.29, 1.82) is 0 Å². The van der Waals surface area contributed by atoms with Crippen molar-refractivity contribution in [1.82, 2.24) is 0 Å². The molecule has 0 aliphatic heterocycles. The van der Waals surface area contributed by atoms with Crippen LogP contribution in [0.15, 0.2) is 29.2 Å². The molecular weight excluding hydrogens is 262 g/mol. The number of hydrogen-bond donors (Lipinski definition) is 2. The van der Waals surface area contributed by atoms with Crippen molar-refractivity contribution in [2.24, 2.45) is 11.8 Å². The van der Waals surface area contributed by atoms with Crippen LogP contribution < -0.4 is 5.32 Å². The van der Waals surface area contributed by atoms with Gasteiger partial charge in [0, 0.05) is 10.6 Å². The van der Waals surface area contributed by atoms with E-state index in [9.17, 15) is 9.59 Å². The lowest BCUT2D eigenvalue weighted by Gasteiger charge is -2.15. The Labute approximate surface area is 116 Å². The summed E-state index contributed by atoms with van der Waals surface area (Å²) in [5, 5.41) is 11.9. The van der Waals surface area contributed by atoms with E-state index in [1.165, 1.54) is 0 Å². The van der Waals surface area contributed by atoms with Crippen LogP contribution in [0.1, 0.15) is 19.3 Å². The van der Waals surface area contributed by atoms with Crippen LogP contribution in [0.3, 0.4) is 0 Å². The summed E-state index contributed by atoms with van der Waals surface area (Å²) in [4.78, 5) is 24.3. The van der Waals surface area contributed by atoms with Crippen LogP contribution in [0.2, 0.25) is 0 Å². The molecule has 1 aromatic rings. The molecule has 2 N–H and O–H groups in total. The normalized spacial score (nSPS) is 22.2. The van der Waals surface area contributed by atoms with Gasteiger partial charge in [0.1, 0.15) is 0 Å². The van der Waals surface area contributed by atoms with E-state index in [1.54, 1.807) is 11.8 Å². The molecule has 1 saturated carbocycles. The predicted molar refractivity (Wildman–Crippen MR) is 75.3 cm³/mol. The van der Waals surface area contributed by atoms with Gasteiger partial charge in [-0.1, -0.05) is 12.5 Å². The van der Waals surface area contributed by atoms with Crippen molar-refractivity contribution in [3.05, 3.63) is 24.3 Å². The lowest BCUT2D eigenvalue weighted by atomic mass is 9.95. The third kappa shape index (κ3) is 3.29. The van der Waals surface area contributed by atoms with Crippen LogP contribution in [0.4, 0.5) is 5.69 Å². The molecule has 0 saturated heterocycles. The summed E-state index contributed by atoms with van der Waals surface area (Å²) in [5.41, 5.74) is 0.730. The first kappa shape index (κ1) is 13.9. The number of hydrogen-bond acceptors (Lipinski definition) is 3. The maximum atomic E-state index is 12.1. The number of carboxylic acids is 1. The number of carbonyl (C=O) groups excluding carboxylic acids is 1. The van der Waals surface area contributed by atoms with Crippen LogP contribution in [0, 0.1) is 11.8 Å². The molecule has 1 aromatic carbocycles. The number of anilines is 1. The molecular formula is C14H17NO3S. The summed E-state index contributed by atoms with van der Waals surface area (Å²) in [7, 11) is 0. The van der Waals surface area contributed by atoms with Crippen molar-refractivity contribution in [3.8, 4) is 0 Å². The maximum Gasteiger partial charge on any atom is 0.307 e. The van der Waals surface area contributed by atoms with Gasteiger partial charge in [-0.25, -0.2) is 0 Å². The molecule has 4 nitrogen and oxygen atoms in total. The molecule has 19 heavy (non-hydrogen) atoms. The molecule has 0 bridgehead atoms. The molecule has 1 aliphatic carbocycles. The Morgan fingerprint density at radius 2 is 2.05 bits per heavy atom. The van der Waals surface area contributed by atoms with Gasteiger partial charge >= 0.3 is 5.97 Å². The number of benzene rings is 1. The van der Waals surface area contributed by atoms with E-state index in [1.807, 2.05) is 30.5 Å². The fraction of sp³-hybridized carbons (Fsp3) is 0.429.